The number of rotatable bonds is 7. The van der Waals surface area contributed by atoms with Crippen molar-refractivity contribution in [2.45, 2.75) is 49.3 Å². The van der Waals surface area contributed by atoms with Gasteiger partial charge in [-0.05, 0) is 36.9 Å². The van der Waals surface area contributed by atoms with E-state index in [2.05, 4.69) is 15.0 Å². The quantitative estimate of drug-likeness (QED) is 0.473. The average Bonchev–Trinajstić information content (AvgIpc) is 3.20. The Morgan fingerprint density at radius 3 is 2.72 bits per heavy atom. The van der Waals surface area contributed by atoms with E-state index in [1.165, 1.54) is 6.42 Å². The molecule has 32 heavy (non-hydrogen) atoms. The molecular formula is C23H26N3NaO4S. The van der Waals surface area contributed by atoms with Crippen molar-refractivity contribution in [1.82, 2.24) is 15.0 Å². The topological polar surface area (TPSA) is 84.6 Å². The minimum atomic E-state index is -1.37. The molecule has 1 unspecified atom stereocenters. The number of para-hydroxylation sites is 2. The van der Waals surface area contributed by atoms with Gasteiger partial charge in [0.2, 0.25) is 0 Å². The van der Waals surface area contributed by atoms with Crippen molar-refractivity contribution in [3.8, 4) is 5.75 Å². The number of nitrogens with zero attached hydrogens (tertiary/aromatic N) is 3. The van der Waals surface area contributed by atoms with Crippen LogP contribution in [0.5, 0.6) is 5.75 Å². The molecule has 164 valence electrons. The Hall–Kier alpha value is -1.29. The van der Waals surface area contributed by atoms with E-state index in [4.69, 9.17) is 14.2 Å². The maximum atomic E-state index is 12.8. The molecule has 1 aromatic carbocycles. The minimum Gasteiger partial charge on any atom is -0.493 e. The molecule has 1 aliphatic heterocycles. The first-order valence-corrected chi connectivity index (χ1v) is 12.1. The molecule has 1 saturated heterocycles. The Kier molecular flexibility index (Phi) is 7.69. The van der Waals surface area contributed by atoms with Gasteiger partial charge in [-0.25, -0.2) is 0 Å². The molecule has 0 radical (unpaired) electrons. The van der Waals surface area contributed by atoms with Crippen LogP contribution in [-0.4, -0.2) is 39.8 Å². The fourth-order valence-electron chi connectivity index (χ4n) is 3.92. The van der Waals surface area contributed by atoms with E-state index in [9.17, 15) is 4.21 Å². The third kappa shape index (κ3) is 5.11. The van der Waals surface area contributed by atoms with Crippen LogP contribution in [0.2, 0.25) is 0 Å². The third-order valence-corrected chi connectivity index (χ3v) is 7.23. The molecule has 5 rings (SSSR count). The largest absolute Gasteiger partial charge is 1.00 e. The van der Waals surface area contributed by atoms with Gasteiger partial charge in [0, 0.05) is 35.7 Å². The van der Waals surface area contributed by atoms with Crippen molar-refractivity contribution >= 4 is 21.8 Å². The summed E-state index contributed by atoms with van der Waals surface area (Å²) in [4.78, 5) is 13.2. The molecule has 1 atom stereocenters. The molecule has 0 bridgehead atoms. The number of hydrogen-bond acceptors (Lipinski definition) is 6. The first kappa shape index (κ1) is 23.9. The summed E-state index contributed by atoms with van der Waals surface area (Å²) in [6.45, 7) is 3.99. The number of ether oxygens (including phenoxy) is 3. The van der Waals surface area contributed by atoms with Crippen LogP contribution in [0, 0.1) is 12.8 Å². The SMILES string of the molecule is Cc1c(OCCC2COC3(CCC3)OC2)ccnc1CS(=O)c1nc2ccccc2[n-]1.[Na+]. The first-order valence-electron chi connectivity index (χ1n) is 10.7. The van der Waals surface area contributed by atoms with Crippen molar-refractivity contribution in [1.29, 1.82) is 0 Å². The predicted molar refractivity (Wildman–Crippen MR) is 116 cm³/mol. The number of aromatic nitrogens is 3. The normalized spacial score (nSPS) is 18.8. The van der Waals surface area contributed by atoms with E-state index < -0.39 is 10.8 Å². The number of fused-ring (bicyclic) bond motifs is 1. The molecule has 9 heteroatoms. The summed E-state index contributed by atoms with van der Waals surface area (Å²) in [7, 11) is -1.37. The molecule has 0 N–H and O–H groups in total. The molecule has 7 nitrogen and oxygen atoms in total. The van der Waals surface area contributed by atoms with Gasteiger partial charge >= 0.3 is 29.6 Å². The second-order valence-corrected chi connectivity index (χ2v) is 9.60. The molecule has 1 saturated carbocycles. The summed E-state index contributed by atoms with van der Waals surface area (Å²) < 4.78 is 30.7. The van der Waals surface area contributed by atoms with Crippen LogP contribution in [0.15, 0.2) is 41.7 Å². The Balaban J connectivity index is 0.00000245. The van der Waals surface area contributed by atoms with Crippen molar-refractivity contribution in [3.63, 3.8) is 0 Å². The average molecular weight is 464 g/mol. The van der Waals surface area contributed by atoms with Crippen molar-refractivity contribution in [2.75, 3.05) is 19.8 Å². The zero-order chi connectivity index (χ0) is 21.3. The van der Waals surface area contributed by atoms with Gasteiger partial charge in [-0.3, -0.25) is 9.19 Å². The number of benzene rings is 1. The molecule has 0 amide bonds. The smallest absolute Gasteiger partial charge is 0.493 e. The first-order chi connectivity index (χ1) is 15.1. The fourth-order valence-corrected chi connectivity index (χ4v) is 4.99. The van der Waals surface area contributed by atoms with Crippen molar-refractivity contribution in [3.05, 3.63) is 47.8 Å². The van der Waals surface area contributed by atoms with E-state index >= 15 is 0 Å². The summed E-state index contributed by atoms with van der Waals surface area (Å²) in [5.41, 5.74) is 3.15. The predicted octanol–water partition coefficient (Wildman–Crippen LogP) is 0.519. The zero-order valence-corrected chi connectivity index (χ0v) is 21.4. The fraction of sp³-hybridized carbons (Fsp3) is 0.478. The summed E-state index contributed by atoms with van der Waals surface area (Å²) >= 11 is 0. The van der Waals surface area contributed by atoms with Crippen molar-refractivity contribution in [2.24, 2.45) is 5.92 Å². The van der Waals surface area contributed by atoms with Crippen LogP contribution in [0.4, 0.5) is 0 Å². The summed E-state index contributed by atoms with van der Waals surface area (Å²) in [5.74, 6) is 1.10. The van der Waals surface area contributed by atoms with E-state index in [0.717, 1.165) is 60.5 Å². The zero-order valence-electron chi connectivity index (χ0n) is 18.6. The Morgan fingerprint density at radius 2 is 2.00 bits per heavy atom. The van der Waals surface area contributed by atoms with Crippen molar-refractivity contribution < 1.29 is 48.0 Å². The maximum Gasteiger partial charge on any atom is 1.00 e. The molecule has 3 heterocycles. The van der Waals surface area contributed by atoms with Gasteiger partial charge in [0.15, 0.2) is 5.79 Å². The van der Waals surface area contributed by atoms with E-state index in [0.29, 0.717) is 17.7 Å². The van der Waals surface area contributed by atoms with Gasteiger partial charge in [0.05, 0.1) is 42.1 Å². The Bertz CT molecular complexity index is 1060. The monoisotopic (exact) mass is 463 g/mol. The van der Waals surface area contributed by atoms with Crippen LogP contribution in [0.25, 0.3) is 11.0 Å². The molecule has 2 fully saturated rings. The Morgan fingerprint density at radius 1 is 1.22 bits per heavy atom. The molecule has 3 aromatic rings. The number of hydrogen-bond donors (Lipinski definition) is 0. The molecular weight excluding hydrogens is 437 g/mol. The molecule has 2 aliphatic rings. The van der Waals surface area contributed by atoms with Gasteiger partial charge < -0.3 is 24.2 Å². The standard InChI is InChI=1S/C23H26N3O4S.Na/c1-16-20(15-31(27)22-25-18-5-2-3-6-19(18)26-22)24-11-7-21(16)28-12-8-17-13-29-23(30-14-17)9-4-10-23;/h2-3,5-7,11,17H,4,8-10,12-15H2,1H3;/q-1;+1. The van der Waals surface area contributed by atoms with Crippen LogP contribution < -0.4 is 39.3 Å². The van der Waals surface area contributed by atoms with E-state index in [1.54, 1.807) is 6.20 Å². The molecule has 2 aromatic heterocycles. The minimum absolute atomic E-state index is 0. The third-order valence-electron chi connectivity index (χ3n) is 6.11. The molecule has 1 spiro atoms. The number of imidazole rings is 1. The van der Waals surface area contributed by atoms with Crippen LogP contribution in [0.1, 0.15) is 36.9 Å². The number of pyridine rings is 1. The van der Waals surface area contributed by atoms with Crippen LogP contribution >= 0.6 is 0 Å². The summed E-state index contributed by atoms with van der Waals surface area (Å²) in [6, 6.07) is 9.39. The van der Waals surface area contributed by atoms with E-state index in [1.807, 2.05) is 37.3 Å². The van der Waals surface area contributed by atoms with Crippen LogP contribution in [-0.2, 0) is 26.0 Å². The summed E-state index contributed by atoms with van der Waals surface area (Å²) in [5, 5.41) is 0.343. The second-order valence-electron chi connectivity index (χ2n) is 8.25. The van der Waals surface area contributed by atoms with Gasteiger partial charge in [0.25, 0.3) is 0 Å². The summed E-state index contributed by atoms with van der Waals surface area (Å²) in [6.07, 6.45) is 5.79. The van der Waals surface area contributed by atoms with Gasteiger partial charge in [-0.1, -0.05) is 24.3 Å². The van der Waals surface area contributed by atoms with Gasteiger partial charge in [0.1, 0.15) is 5.75 Å². The van der Waals surface area contributed by atoms with Gasteiger partial charge in [-0.2, -0.15) is 0 Å². The molecule has 1 aliphatic carbocycles. The Labute approximate surface area is 212 Å². The van der Waals surface area contributed by atoms with Crippen LogP contribution in [0.3, 0.4) is 0 Å². The van der Waals surface area contributed by atoms with Gasteiger partial charge in [-0.15, -0.1) is 0 Å². The van der Waals surface area contributed by atoms with E-state index in [-0.39, 0.29) is 41.1 Å². The second kappa shape index (κ2) is 10.3. The maximum absolute atomic E-state index is 12.8.